The summed E-state index contributed by atoms with van der Waals surface area (Å²) in [5.41, 5.74) is -0.443. The van der Waals surface area contributed by atoms with Crippen LogP contribution in [0.3, 0.4) is 0 Å². The number of nitrogens with one attached hydrogen (secondary N) is 1. The summed E-state index contributed by atoms with van der Waals surface area (Å²) in [6.07, 6.45) is 8.67. The van der Waals surface area contributed by atoms with Crippen LogP contribution in [0.25, 0.3) is 0 Å². The number of aliphatic hydroxyl groups is 1. The molecule has 4 unspecified atom stereocenters. The Balaban J connectivity index is 1.72. The standard InChI is InChI=1S/C14H26N2O/c1-14(17)8-2-7-13(14)16-10-4-6-12(16)11-5-3-9-15-11/h11-13,15,17H,2-10H2,1H3. The van der Waals surface area contributed by atoms with E-state index in [-0.39, 0.29) is 0 Å². The summed E-state index contributed by atoms with van der Waals surface area (Å²) in [4.78, 5) is 2.63. The average molecular weight is 238 g/mol. The molecule has 3 nitrogen and oxygen atoms in total. The summed E-state index contributed by atoms with van der Waals surface area (Å²) < 4.78 is 0. The molecule has 3 heteroatoms. The highest BCUT2D eigenvalue weighted by Crippen LogP contribution is 2.38. The molecule has 2 aliphatic heterocycles. The lowest BCUT2D eigenvalue weighted by Gasteiger charge is -2.39. The normalized spacial score (nSPS) is 48.0. The van der Waals surface area contributed by atoms with Gasteiger partial charge in [0.15, 0.2) is 0 Å². The molecule has 0 aromatic rings. The maximum absolute atomic E-state index is 10.5. The molecule has 1 aliphatic carbocycles. The van der Waals surface area contributed by atoms with Crippen molar-refractivity contribution in [1.29, 1.82) is 0 Å². The highest BCUT2D eigenvalue weighted by molar-refractivity contribution is 5.02. The van der Waals surface area contributed by atoms with Gasteiger partial charge in [-0.2, -0.15) is 0 Å². The largest absolute Gasteiger partial charge is 0.389 e. The van der Waals surface area contributed by atoms with Crippen molar-refractivity contribution in [2.75, 3.05) is 13.1 Å². The van der Waals surface area contributed by atoms with E-state index in [2.05, 4.69) is 10.2 Å². The summed E-state index contributed by atoms with van der Waals surface area (Å²) in [7, 11) is 0. The van der Waals surface area contributed by atoms with E-state index in [1.54, 1.807) is 0 Å². The van der Waals surface area contributed by atoms with Gasteiger partial charge in [0, 0.05) is 18.1 Å². The second-order valence-corrected chi connectivity index (χ2v) is 6.42. The second kappa shape index (κ2) is 4.52. The first-order valence-corrected chi connectivity index (χ1v) is 7.40. The van der Waals surface area contributed by atoms with E-state index >= 15 is 0 Å². The number of rotatable bonds is 2. The fourth-order valence-corrected chi connectivity index (χ4v) is 4.33. The van der Waals surface area contributed by atoms with Crippen LogP contribution in [0.4, 0.5) is 0 Å². The van der Waals surface area contributed by atoms with Crippen molar-refractivity contribution in [2.45, 2.75) is 75.6 Å². The molecule has 2 N–H and O–H groups in total. The SMILES string of the molecule is CC1(O)CCCC1N1CCCC1C1CCCN1. The van der Waals surface area contributed by atoms with E-state index < -0.39 is 5.60 Å². The minimum atomic E-state index is -0.443. The molecule has 0 aromatic carbocycles. The molecule has 2 saturated heterocycles. The molecule has 0 radical (unpaired) electrons. The van der Waals surface area contributed by atoms with Crippen molar-refractivity contribution >= 4 is 0 Å². The van der Waals surface area contributed by atoms with E-state index in [1.165, 1.54) is 51.6 Å². The lowest BCUT2D eigenvalue weighted by molar-refractivity contribution is -0.0217. The topological polar surface area (TPSA) is 35.5 Å². The van der Waals surface area contributed by atoms with Crippen molar-refractivity contribution in [3.05, 3.63) is 0 Å². The molecule has 1 saturated carbocycles. The van der Waals surface area contributed by atoms with E-state index in [0.29, 0.717) is 18.1 Å². The van der Waals surface area contributed by atoms with Crippen LogP contribution < -0.4 is 5.32 Å². The summed E-state index contributed by atoms with van der Waals surface area (Å²) in [5, 5.41) is 14.2. The number of hydrogen-bond acceptors (Lipinski definition) is 3. The van der Waals surface area contributed by atoms with Crippen LogP contribution in [-0.2, 0) is 0 Å². The third kappa shape index (κ3) is 2.13. The summed E-state index contributed by atoms with van der Waals surface area (Å²) >= 11 is 0. The number of nitrogens with zero attached hydrogens (tertiary/aromatic N) is 1. The molecule has 3 aliphatic rings. The predicted octanol–water partition coefficient (Wildman–Crippen LogP) is 1.51. The predicted molar refractivity (Wildman–Crippen MR) is 69.0 cm³/mol. The Morgan fingerprint density at radius 3 is 2.71 bits per heavy atom. The summed E-state index contributed by atoms with van der Waals surface area (Å²) in [6.45, 7) is 4.43. The van der Waals surface area contributed by atoms with Gasteiger partial charge in [-0.1, -0.05) is 0 Å². The zero-order chi connectivity index (χ0) is 11.9. The molecule has 4 atom stereocenters. The monoisotopic (exact) mass is 238 g/mol. The molecule has 3 fully saturated rings. The highest BCUT2D eigenvalue weighted by Gasteiger charge is 2.46. The first-order chi connectivity index (χ1) is 8.18. The molecule has 98 valence electrons. The fourth-order valence-electron chi connectivity index (χ4n) is 4.33. The van der Waals surface area contributed by atoms with Crippen molar-refractivity contribution in [3.8, 4) is 0 Å². The van der Waals surface area contributed by atoms with Gasteiger partial charge in [-0.3, -0.25) is 4.90 Å². The van der Waals surface area contributed by atoms with E-state index in [0.717, 1.165) is 6.42 Å². The maximum Gasteiger partial charge on any atom is 0.0774 e. The van der Waals surface area contributed by atoms with Gasteiger partial charge >= 0.3 is 0 Å². The molecule has 2 heterocycles. The van der Waals surface area contributed by atoms with Gasteiger partial charge < -0.3 is 10.4 Å². The molecule has 0 bridgehead atoms. The van der Waals surface area contributed by atoms with Gasteiger partial charge in [-0.25, -0.2) is 0 Å². The second-order valence-electron chi connectivity index (χ2n) is 6.42. The van der Waals surface area contributed by atoms with Crippen LogP contribution in [0, 0.1) is 0 Å². The van der Waals surface area contributed by atoms with Gasteiger partial charge in [0.25, 0.3) is 0 Å². The maximum atomic E-state index is 10.5. The third-order valence-corrected chi connectivity index (χ3v) is 5.18. The Kier molecular flexibility index (Phi) is 3.18. The van der Waals surface area contributed by atoms with Crippen LogP contribution in [0.5, 0.6) is 0 Å². The Morgan fingerprint density at radius 1 is 1.18 bits per heavy atom. The van der Waals surface area contributed by atoms with E-state index in [9.17, 15) is 5.11 Å². The third-order valence-electron chi connectivity index (χ3n) is 5.18. The summed E-state index contributed by atoms with van der Waals surface area (Å²) in [6, 6.07) is 1.79. The van der Waals surface area contributed by atoms with Crippen LogP contribution in [0.2, 0.25) is 0 Å². The first-order valence-electron chi connectivity index (χ1n) is 7.40. The Labute approximate surface area is 105 Å². The lowest BCUT2D eigenvalue weighted by Crippen LogP contribution is -2.54. The minimum absolute atomic E-state index is 0.414. The molecule has 0 amide bonds. The van der Waals surface area contributed by atoms with Gasteiger partial charge in [0.2, 0.25) is 0 Å². The molecular weight excluding hydrogens is 212 g/mol. The Hall–Kier alpha value is -0.120. The zero-order valence-electron chi connectivity index (χ0n) is 11.0. The molecule has 17 heavy (non-hydrogen) atoms. The molecule has 0 aromatic heterocycles. The van der Waals surface area contributed by atoms with E-state index in [1.807, 2.05) is 6.92 Å². The highest BCUT2D eigenvalue weighted by atomic mass is 16.3. The zero-order valence-corrected chi connectivity index (χ0v) is 11.0. The molecule has 0 spiro atoms. The van der Waals surface area contributed by atoms with Crippen molar-refractivity contribution in [1.82, 2.24) is 10.2 Å². The van der Waals surface area contributed by atoms with Crippen molar-refractivity contribution in [3.63, 3.8) is 0 Å². The van der Waals surface area contributed by atoms with Gasteiger partial charge in [0.05, 0.1) is 5.60 Å². The minimum Gasteiger partial charge on any atom is -0.389 e. The Bertz CT molecular complexity index is 273. The lowest BCUT2D eigenvalue weighted by atomic mass is 9.96. The van der Waals surface area contributed by atoms with Crippen LogP contribution >= 0.6 is 0 Å². The van der Waals surface area contributed by atoms with Crippen LogP contribution in [0.1, 0.15) is 51.9 Å². The number of likely N-dealkylation sites (tertiary alicyclic amines) is 1. The average Bonchev–Trinajstić information content (AvgIpc) is 2.94. The van der Waals surface area contributed by atoms with Gasteiger partial charge in [0.1, 0.15) is 0 Å². The van der Waals surface area contributed by atoms with Gasteiger partial charge in [-0.15, -0.1) is 0 Å². The fraction of sp³-hybridized carbons (Fsp3) is 1.00. The smallest absolute Gasteiger partial charge is 0.0774 e. The quantitative estimate of drug-likeness (QED) is 0.765. The van der Waals surface area contributed by atoms with Crippen molar-refractivity contribution in [2.24, 2.45) is 0 Å². The molecular formula is C14H26N2O. The Morgan fingerprint density at radius 2 is 2.06 bits per heavy atom. The van der Waals surface area contributed by atoms with Crippen LogP contribution in [-0.4, -0.2) is 46.8 Å². The summed E-state index contributed by atoms with van der Waals surface area (Å²) in [5.74, 6) is 0. The van der Waals surface area contributed by atoms with Gasteiger partial charge in [-0.05, 0) is 65.0 Å². The first kappa shape index (κ1) is 11.9. The van der Waals surface area contributed by atoms with E-state index in [4.69, 9.17) is 0 Å². The molecule has 3 rings (SSSR count). The van der Waals surface area contributed by atoms with Crippen molar-refractivity contribution < 1.29 is 5.11 Å². The number of hydrogen-bond donors (Lipinski definition) is 2. The van der Waals surface area contributed by atoms with Crippen LogP contribution in [0.15, 0.2) is 0 Å².